The van der Waals surface area contributed by atoms with Crippen LogP contribution < -0.4 is 5.32 Å². The Morgan fingerprint density at radius 1 is 1.10 bits per heavy atom. The largest absolute Gasteiger partial charge is 0.304 e. The van der Waals surface area contributed by atoms with Crippen LogP contribution >= 0.6 is 11.3 Å². The van der Waals surface area contributed by atoms with Crippen molar-refractivity contribution in [3.8, 4) is 10.6 Å². The van der Waals surface area contributed by atoms with Crippen LogP contribution in [-0.4, -0.2) is 25.7 Å². The number of benzene rings is 1. The first-order valence-corrected chi connectivity index (χ1v) is 10.3. The summed E-state index contributed by atoms with van der Waals surface area (Å²) in [6, 6.07) is 14.0. The van der Waals surface area contributed by atoms with Crippen LogP contribution in [0.5, 0.6) is 0 Å². The lowest BCUT2D eigenvalue weighted by Gasteiger charge is -2.05. The predicted octanol–water partition coefficient (Wildman–Crippen LogP) is 4.83. The van der Waals surface area contributed by atoms with Gasteiger partial charge in [-0.3, -0.25) is 14.5 Å². The summed E-state index contributed by atoms with van der Waals surface area (Å²) >= 11 is 1.46. The van der Waals surface area contributed by atoms with E-state index in [1.165, 1.54) is 16.9 Å². The lowest BCUT2D eigenvalue weighted by atomic mass is 10.0. The molecule has 4 rings (SSSR count). The van der Waals surface area contributed by atoms with Crippen LogP contribution in [0.3, 0.4) is 0 Å². The predicted molar refractivity (Wildman–Crippen MR) is 115 cm³/mol. The first-order chi connectivity index (χ1) is 14.1. The number of nitrogens with zero attached hydrogens (tertiary/aromatic N) is 4. The quantitative estimate of drug-likeness (QED) is 0.501. The van der Waals surface area contributed by atoms with Crippen molar-refractivity contribution in [1.82, 2.24) is 19.7 Å². The molecule has 1 N–H and O–H groups in total. The maximum absolute atomic E-state index is 12.5. The van der Waals surface area contributed by atoms with E-state index >= 15 is 0 Å². The molecule has 6 nitrogen and oxygen atoms in total. The smallest absolute Gasteiger partial charge is 0.276 e. The molecule has 0 radical (unpaired) electrons. The number of nitrogens with one attached hydrogen (secondary N) is 1. The molecule has 0 aliphatic heterocycles. The summed E-state index contributed by atoms with van der Waals surface area (Å²) in [5, 5.41) is 9.82. The molecule has 1 amide bonds. The molecule has 0 atom stereocenters. The fourth-order valence-corrected chi connectivity index (χ4v) is 3.70. The summed E-state index contributed by atoms with van der Waals surface area (Å²) < 4.78 is 1.77. The lowest BCUT2D eigenvalue weighted by molar-refractivity contribution is 0.102. The zero-order valence-corrected chi connectivity index (χ0v) is 17.1. The molecule has 3 heterocycles. The van der Waals surface area contributed by atoms with Gasteiger partial charge in [0.25, 0.3) is 5.91 Å². The number of thiazole rings is 1. The molecule has 29 heavy (non-hydrogen) atoms. The van der Waals surface area contributed by atoms with Crippen molar-refractivity contribution in [2.45, 2.75) is 26.3 Å². The number of hydrogen-bond acceptors (Lipinski definition) is 5. The second-order valence-corrected chi connectivity index (χ2v) is 7.88. The van der Waals surface area contributed by atoms with Gasteiger partial charge in [0.05, 0.1) is 6.54 Å². The first-order valence-electron chi connectivity index (χ1n) is 9.38. The zero-order chi connectivity index (χ0) is 20.2. The Labute approximate surface area is 173 Å². The van der Waals surface area contributed by atoms with Gasteiger partial charge in [0.2, 0.25) is 0 Å². The second kappa shape index (κ2) is 8.36. The van der Waals surface area contributed by atoms with Gasteiger partial charge in [0.1, 0.15) is 10.7 Å². The number of carbonyl (C=O) groups is 1. The van der Waals surface area contributed by atoms with Crippen LogP contribution in [0.25, 0.3) is 10.6 Å². The Kier molecular flexibility index (Phi) is 5.48. The number of carbonyl (C=O) groups excluding carboxylic acids is 1. The number of aromatic nitrogens is 4. The number of hydrogen-bond donors (Lipinski definition) is 1. The topological polar surface area (TPSA) is 72.7 Å². The minimum absolute atomic E-state index is 0.263. The van der Waals surface area contributed by atoms with E-state index in [0.717, 1.165) is 16.1 Å². The minimum Gasteiger partial charge on any atom is -0.304 e. The van der Waals surface area contributed by atoms with E-state index in [2.05, 4.69) is 58.5 Å². The van der Waals surface area contributed by atoms with Gasteiger partial charge >= 0.3 is 0 Å². The molecule has 0 aliphatic carbocycles. The third kappa shape index (κ3) is 4.57. The molecule has 0 fully saturated rings. The highest BCUT2D eigenvalue weighted by Crippen LogP contribution is 2.26. The maximum Gasteiger partial charge on any atom is 0.276 e. The first kappa shape index (κ1) is 19.0. The second-order valence-electron chi connectivity index (χ2n) is 7.02. The van der Waals surface area contributed by atoms with Crippen LogP contribution in [0, 0.1) is 0 Å². The third-order valence-corrected chi connectivity index (χ3v) is 5.43. The molecule has 146 valence electrons. The average Bonchev–Trinajstić information content (AvgIpc) is 3.39. The fourth-order valence-electron chi connectivity index (χ4n) is 2.89. The Bertz CT molecular complexity index is 1100. The van der Waals surface area contributed by atoms with Crippen LogP contribution in [0.1, 0.15) is 41.4 Å². The highest BCUT2D eigenvalue weighted by atomic mass is 32.1. The Morgan fingerprint density at radius 3 is 2.59 bits per heavy atom. The average molecular weight is 404 g/mol. The third-order valence-electron chi connectivity index (χ3n) is 4.54. The molecule has 1 aromatic carbocycles. The van der Waals surface area contributed by atoms with E-state index in [1.807, 2.05) is 18.3 Å². The van der Waals surface area contributed by atoms with Gasteiger partial charge in [0.15, 0.2) is 5.82 Å². The Balaban J connectivity index is 1.42. The van der Waals surface area contributed by atoms with Crippen LogP contribution in [0.2, 0.25) is 0 Å². The highest BCUT2D eigenvalue weighted by Gasteiger charge is 2.13. The van der Waals surface area contributed by atoms with Crippen LogP contribution in [0.15, 0.2) is 66.4 Å². The van der Waals surface area contributed by atoms with Crippen LogP contribution in [-0.2, 0) is 6.54 Å². The minimum atomic E-state index is -0.263. The molecular formula is C22H21N5OS. The zero-order valence-electron chi connectivity index (χ0n) is 16.2. The van der Waals surface area contributed by atoms with E-state index in [9.17, 15) is 4.79 Å². The van der Waals surface area contributed by atoms with Crippen molar-refractivity contribution in [3.63, 3.8) is 0 Å². The van der Waals surface area contributed by atoms with Gasteiger partial charge in [-0.2, -0.15) is 5.10 Å². The van der Waals surface area contributed by atoms with E-state index in [-0.39, 0.29) is 5.91 Å². The number of pyridine rings is 1. The molecular weight excluding hydrogens is 382 g/mol. The molecule has 0 bridgehead atoms. The summed E-state index contributed by atoms with van der Waals surface area (Å²) in [7, 11) is 0. The van der Waals surface area contributed by atoms with Gasteiger partial charge in [0, 0.05) is 35.6 Å². The molecule has 7 heteroatoms. The standard InChI is InChI=1S/C22H21N5OS/c1-15(2)17-3-5-18(6-4-17)22-24-19(14-29-22)21(28)25-20-9-12-27(26-20)13-16-7-10-23-11-8-16/h3-12,14-15H,13H2,1-2H3,(H,25,26,28). The van der Waals surface area contributed by atoms with Crippen LogP contribution in [0.4, 0.5) is 5.82 Å². The van der Waals surface area contributed by atoms with E-state index < -0.39 is 0 Å². The van der Waals surface area contributed by atoms with Crippen molar-refractivity contribution in [2.75, 3.05) is 5.32 Å². The van der Waals surface area contributed by atoms with Gasteiger partial charge in [-0.05, 0) is 29.2 Å². The highest BCUT2D eigenvalue weighted by molar-refractivity contribution is 7.13. The normalized spacial score (nSPS) is 11.0. The molecule has 3 aromatic heterocycles. The fraction of sp³-hybridized carbons (Fsp3) is 0.182. The van der Waals surface area contributed by atoms with Gasteiger partial charge in [-0.15, -0.1) is 11.3 Å². The number of rotatable bonds is 6. The molecule has 0 saturated heterocycles. The summed E-state index contributed by atoms with van der Waals surface area (Å²) in [6.45, 7) is 4.95. The lowest BCUT2D eigenvalue weighted by Crippen LogP contribution is -2.13. The van der Waals surface area contributed by atoms with Crippen molar-refractivity contribution in [2.24, 2.45) is 0 Å². The molecule has 4 aromatic rings. The van der Waals surface area contributed by atoms with E-state index in [0.29, 0.717) is 24.0 Å². The summed E-state index contributed by atoms with van der Waals surface area (Å²) in [5.74, 6) is 0.723. The van der Waals surface area contributed by atoms with Crippen molar-refractivity contribution >= 4 is 23.1 Å². The monoisotopic (exact) mass is 403 g/mol. The molecule has 0 saturated carbocycles. The molecule has 0 spiro atoms. The molecule has 0 unspecified atom stereocenters. The SMILES string of the molecule is CC(C)c1ccc(-c2nc(C(=O)Nc3ccn(Cc4ccncc4)n3)cs2)cc1. The van der Waals surface area contributed by atoms with Crippen molar-refractivity contribution in [3.05, 3.63) is 83.3 Å². The maximum atomic E-state index is 12.5. The number of amides is 1. The summed E-state index contributed by atoms with van der Waals surface area (Å²) in [6.07, 6.45) is 5.33. The van der Waals surface area contributed by atoms with Crippen molar-refractivity contribution < 1.29 is 4.79 Å². The Morgan fingerprint density at radius 2 is 1.86 bits per heavy atom. The summed E-state index contributed by atoms with van der Waals surface area (Å²) in [5.41, 5.74) is 3.78. The number of anilines is 1. The van der Waals surface area contributed by atoms with E-state index in [1.54, 1.807) is 28.5 Å². The van der Waals surface area contributed by atoms with Crippen molar-refractivity contribution in [1.29, 1.82) is 0 Å². The van der Waals surface area contributed by atoms with Gasteiger partial charge in [-0.1, -0.05) is 38.1 Å². The van der Waals surface area contributed by atoms with Gasteiger partial charge < -0.3 is 5.32 Å². The van der Waals surface area contributed by atoms with Gasteiger partial charge in [-0.25, -0.2) is 4.98 Å². The van der Waals surface area contributed by atoms with E-state index in [4.69, 9.17) is 0 Å². The Hall–Kier alpha value is -3.32. The summed E-state index contributed by atoms with van der Waals surface area (Å²) in [4.78, 5) is 21.0. The molecule has 0 aliphatic rings.